The van der Waals surface area contributed by atoms with Crippen LogP contribution in [0.1, 0.15) is 112 Å². The van der Waals surface area contributed by atoms with E-state index in [2.05, 4.69) is 40.7 Å². The fraction of sp³-hybridized carbons (Fsp3) is 0.897. The predicted octanol–water partition coefficient (Wildman–Crippen LogP) is 8.32. The lowest BCUT2D eigenvalue weighted by atomic mass is 9.47. The van der Waals surface area contributed by atoms with Gasteiger partial charge in [-0.2, -0.15) is 0 Å². The predicted molar refractivity (Wildman–Crippen MR) is 134 cm³/mol. The summed E-state index contributed by atoms with van der Waals surface area (Å²) < 4.78 is 5.61. The second-order valence-corrected chi connectivity index (χ2v) is 14.1. The summed E-state index contributed by atoms with van der Waals surface area (Å²) in [5.41, 5.74) is 2.45. The first kappa shape index (κ1) is 24.6. The molecule has 0 N–H and O–H groups in total. The van der Waals surface area contributed by atoms with Crippen molar-refractivity contribution in [2.75, 3.05) is 0 Å². The van der Waals surface area contributed by atoms with Crippen molar-refractivity contribution in [2.24, 2.45) is 40.4 Å². The zero-order chi connectivity index (χ0) is 23.3. The monoisotopic (exact) mass is 462 g/mol. The van der Waals surface area contributed by atoms with Crippen molar-refractivity contribution in [3.63, 3.8) is 0 Å². The molecule has 182 valence electrons. The Kier molecular flexibility index (Phi) is 6.88. The summed E-state index contributed by atoms with van der Waals surface area (Å²) in [6, 6.07) is 0. The average Bonchev–Trinajstić information content (AvgIpc) is 3.04. The van der Waals surface area contributed by atoms with E-state index in [1.807, 2.05) is 0 Å². The summed E-state index contributed by atoms with van der Waals surface area (Å²) in [5.74, 6) is 4.13. The number of fused-ring (bicyclic) bond motifs is 5. The number of allylic oxidation sites excluding steroid dienone is 1. The molecule has 32 heavy (non-hydrogen) atoms. The van der Waals surface area contributed by atoms with Gasteiger partial charge in [0.05, 0.1) is 0 Å². The van der Waals surface area contributed by atoms with Crippen molar-refractivity contribution < 1.29 is 9.53 Å². The van der Waals surface area contributed by atoms with Gasteiger partial charge < -0.3 is 4.74 Å². The van der Waals surface area contributed by atoms with Crippen LogP contribution in [0.15, 0.2) is 11.6 Å². The van der Waals surface area contributed by atoms with E-state index in [0.717, 1.165) is 48.9 Å². The molecule has 0 aromatic heterocycles. The summed E-state index contributed by atoms with van der Waals surface area (Å²) in [7, 11) is 0. The molecule has 4 aliphatic carbocycles. The van der Waals surface area contributed by atoms with Crippen LogP contribution in [0.3, 0.4) is 0 Å². The van der Waals surface area contributed by atoms with Gasteiger partial charge in [-0.05, 0) is 106 Å². The Bertz CT molecular complexity index is 736. The van der Waals surface area contributed by atoms with E-state index in [9.17, 15) is 4.79 Å². The molecule has 4 unspecified atom stereocenters. The van der Waals surface area contributed by atoms with Gasteiger partial charge in [0.15, 0.2) is 0 Å². The van der Waals surface area contributed by atoms with E-state index in [1.54, 1.807) is 12.5 Å². The first-order valence-corrected chi connectivity index (χ1v) is 13.9. The van der Waals surface area contributed by atoms with Gasteiger partial charge >= 0.3 is 5.97 Å². The number of esters is 1. The molecule has 0 radical (unpaired) electrons. The van der Waals surface area contributed by atoms with Gasteiger partial charge in [-0.1, -0.05) is 45.3 Å². The molecular formula is C29H47ClO2. The summed E-state index contributed by atoms with van der Waals surface area (Å²) in [5, 5.41) is 0. The van der Waals surface area contributed by atoms with Crippen LogP contribution >= 0.6 is 11.6 Å². The molecule has 0 amide bonds. The minimum absolute atomic E-state index is 0.0596. The summed E-state index contributed by atoms with van der Waals surface area (Å²) in [6.45, 7) is 13.6. The Morgan fingerprint density at radius 3 is 2.62 bits per heavy atom. The fourth-order valence-corrected chi connectivity index (χ4v) is 9.12. The van der Waals surface area contributed by atoms with Crippen LogP contribution < -0.4 is 0 Å². The van der Waals surface area contributed by atoms with E-state index in [-0.39, 0.29) is 16.9 Å². The van der Waals surface area contributed by atoms with Crippen LogP contribution in [-0.2, 0) is 9.53 Å². The Balaban J connectivity index is 1.45. The molecule has 0 aromatic rings. The third-order valence-electron chi connectivity index (χ3n) is 10.6. The molecule has 4 rings (SSSR count). The number of hydrogen-bond donors (Lipinski definition) is 0. The van der Waals surface area contributed by atoms with E-state index < -0.39 is 0 Å². The van der Waals surface area contributed by atoms with Gasteiger partial charge in [-0.3, -0.25) is 4.79 Å². The third-order valence-corrected chi connectivity index (χ3v) is 10.8. The van der Waals surface area contributed by atoms with E-state index in [4.69, 9.17) is 16.3 Å². The number of rotatable bonds is 6. The highest BCUT2D eigenvalue weighted by atomic mass is 35.5. The molecule has 0 bridgehead atoms. The van der Waals surface area contributed by atoms with Gasteiger partial charge in [-0.25, -0.2) is 0 Å². The lowest BCUT2D eigenvalue weighted by Gasteiger charge is -2.58. The standard InChI is InChI=1S/C29H47ClO2/c1-19(8-7-15-27(3,4)30)24-11-12-25-23-10-9-21-18-22(32-20(2)31)13-16-28(21,5)26(23)14-17-29(24,25)6/h9,19,22-26H,7-8,10-18H2,1-6H3/t19-,22?,23?,24-,25?,26?,28+,29-/m1/s1. The van der Waals surface area contributed by atoms with Gasteiger partial charge in [0, 0.05) is 18.2 Å². The molecule has 0 aliphatic heterocycles. The Morgan fingerprint density at radius 2 is 1.94 bits per heavy atom. The lowest BCUT2D eigenvalue weighted by Crippen LogP contribution is -2.51. The van der Waals surface area contributed by atoms with Crippen LogP contribution in [0.4, 0.5) is 0 Å². The summed E-state index contributed by atoms with van der Waals surface area (Å²) in [4.78, 5) is 11.4. The second-order valence-electron chi connectivity index (χ2n) is 13.1. The summed E-state index contributed by atoms with van der Waals surface area (Å²) in [6.07, 6.45) is 16.5. The van der Waals surface area contributed by atoms with Crippen LogP contribution in [0.25, 0.3) is 0 Å². The first-order valence-electron chi connectivity index (χ1n) is 13.5. The van der Waals surface area contributed by atoms with Crippen molar-refractivity contribution in [3.05, 3.63) is 11.6 Å². The Hall–Kier alpha value is -0.500. The first-order chi connectivity index (χ1) is 14.9. The van der Waals surface area contributed by atoms with Gasteiger partial charge in [0.2, 0.25) is 0 Å². The minimum atomic E-state index is -0.123. The van der Waals surface area contributed by atoms with Crippen LogP contribution in [0.2, 0.25) is 0 Å². The van der Waals surface area contributed by atoms with Crippen molar-refractivity contribution in [1.29, 1.82) is 0 Å². The molecule has 8 atom stereocenters. The molecule has 4 aliphatic rings. The van der Waals surface area contributed by atoms with Crippen molar-refractivity contribution in [1.82, 2.24) is 0 Å². The quantitative estimate of drug-likeness (QED) is 0.225. The Labute approximate surface area is 202 Å². The molecule has 3 saturated carbocycles. The Morgan fingerprint density at radius 1 is 1.19 bits per heavy atom. The minimum Gasteiger partial charge on any atom is -0.462 e. The molecular weight excluding hydrogens is 416 g/mol. The molecule has 3 heteroatoms. The van der Waals surface area contributed by atoms with Crippen LogP contribution in [-0.4, -0.2) is 16.9 Å². The SMILES string of the molecule is CC(=O)OC1CC[C@@]2(C)C(=CCC3C2CC[C@@]2(C)C3CC[C@@H]2[C@H](C)CCCC(C)(C)Cl)C1. The van der Waals surface area contributed by atoms with E-state index >= 15 is 0 Å². The molecule has 0 saturated heterocycles. The van der Waals surface area contributed by atoms with E-state index in [0.29, 0.717) is 10.8 Å². The number of carbonyl (C=O) groups excluding carboxylic acids is 1. The molecule has 0 aromatic carbocycles. The maximum Gasteiger partial charge on any atom is 0.302 e. The van der Waals surface area contributed by atoms with Gasteiger partial charge in [0.1, 0.15) is 6.10 Å². The van der Waals surface area contributed by atoms with Gasteiger partial charge in [0.25, 0.3) is 0 Å². The normalized spacial score (nSPS) is 42.3. The average molecular weight is 463 g/mol. The third kappa shape index (κ3) is 4.56. The topological polar surface area (TPSA) is 26.3 Å². The number of carbonyl (C=O) groups is 1. The number of alkyl halides is 1. The number of halogens is 1. The smallest absolute Gasteiger partial charge is 0.302 e. The van der Waals surface area contributed by atoms with Crippen molar-refractivity contribution in [3.8, 4) is 0 Å². The van der Waals surface area contributed by atoms with Gasteiger partial charge in [-0.15, -0.1) is 11.6 Å². The molecule has 3 fully saturated rings. The molecule has 0 spiro atoms. The van der Waals surface area contributed by atoms with Crippen LogP contribution in [0, 0.1) is 40.4 Å². The second kappa shape index (κ2) is 8.94. The highest BCUT2D eigenvalue weighted by Crippen LogP contribution is 2.67. The number of ether oxygens (including phenoxy) is 1. The highest BCUT2D eigenvalue weighted by molar-refractivity contribution is 6.23. The lowest BCUT2D eigenvalue weighted by molar-refractivity contribution is -0.148. The molecule has 0 heterocycles. The molecule has 2 nitrogen and oxygen atoms in total. The van der Waals surface area contributed by atoms with E-state index in [1.165, 1.54) is 51.4 Å². The van der Waals surface area contributed by atoms with Crippen molar-refractivity contribution in [2.45, 2.75) is 123 Å². The summed E-state index contributed by atoms with van der Waals surface area (Å²) >= 11 is 6.46. The zero-order valence-corrected chi connectivity index (χ0v) is 22.3. The van der Waals surface area contributed by atoms with Crippen LogP contribution in [0.5, 0.6) is 0 Å². The number of hydrogen-bond acceptors (Lipinski definition) is 2. The van der Waals surface area contributed by atoms with Crippen molar-refractivity contribution >= 4 is 17.6 Å². The largest absolute Gasteiger partial charge is 0.462 e. The maximum absolute atomic E-state index is 11.5. The zero-order valence-electron chi connectivity index (χ0n) is 21.5. The maximum atomic E-state index is 11.5. The highest BCUT2D eigenvalue weighted by Gasteiger charge is 2.59. The fourth-order valence-electron chi connectivity index (χ4n) is 8.98.